The highest BCUT2D eigenvalue weighted by molar-refractivity contribution is 7.99. The second-order valence-corrected chi connectivity index (χ2v) is 6.23. The van der Waals surface area contributed by atoms with Crippen LogP contribution in [0.15, 0.2) is 11.6 Å². The van der Waals surface area contributed by atoms with Crippen LogP contribution < -0.4 is 5.32 Å². The molecule has 1 unspecified atom stereocenters. The highest BCUT2D eigenvalue weighted by atomic mass is 32.2. The number of thioether (sulfide) groups is 1. The van der Waals surface area contributed by atoms with Crippen LogP contribution in [-0.4, -0.2) is 51.1 Å². The summed E-state index contributed by atoms with van der Waals surface area (Å²) in [7, 11) is 0. The molecule has 0 spiro atoms. The molecule has 0 saturated carbocycles. The highest BCUT2D eigenvalue weighted by Crippen LogP contribution is 2.19. The molecule has 1 saturated heterocycles. The standard InChI is InChI=1S/C11H15N3O3S2/c15-10(16)5-8-7-18-4-2-14(8)11(17)13-6-9-12-1-3-19-9/h1,3,8H,2,4-7H2,(H,13,17)(H,15,16). The van der Waals surface area contributed by atoms with Crippen LogP contribution in [0.1, 0.15) is 11.4 Å². The molecule has 2 rings (SSSR count). The number of aliphatic carboxylic acids is 1. The van der Waals surface area contributed by atoms with Crippen molar-refractivity contribution in [1.82, 2.24) is 15.2 Å². The molecule has 104 valence electrons. The van der Waals surface area contributed by atoms with Crippen molar-refractivity contribution in [3.8, 4) is 0 Å². The van der Waals surface area contributed by atoms with Gasteiger partial charge in [0.15, 0.2) is 0 Å². The Morgan fingerprint density at radius 3 is 3.11 bits per heavy atom. The SMILES string of the molecule is O=C(O)CC1CSCCN1C(=O)NCc1nccs1. The van der Waals surface area contributed by atoms with E-state index in [2.05, 4.69) is 10.3 Å². The maximum absolute atomic E-state index is 12.1. The van der Waals surface area contributed by atoms with E-state index in [1.54, 1.807) is 22.9 Å². The summed E-state index contributed by atoms with van der Waals surface area (Å²) in [5.74, 6) is 0.655. The summed E-state index contributed by atoms with van der Waals surface area (Å²) in [6, 6.07) is -0.436. The Labute approximate surface area is 119 Å². The fraction of sp³-hybridized carbons (Fsp3) is 0.545. The molecule has 0 aliphatic carbocycles. The monoisotopic (exact) mass is 301 g/mol. The minimum absolute atomic E-state index is 0.00231. The Morgan fingerprint density at radius 2 is 2.42 bits per heavy atom. The summed E-state index contributed by atoms with van der Waals surface area (Å²) in [6.07, 6.45) is 1.69. The molecule has 1 aromatic heterocycles. The van der Waals surface area contributed by atoms with Gasteiger partial charge >= 0.3 is 12.0 Å². The van der Waals surface area contributed by atoms with Crippen LogP contribution in [0.3, 0.4) is 0 Å². The molecule has 0 aromatic carbocycles. The first kappa shape index (κ1) is 14.1. The van der Waals surface area contributed by atoms with Gasteiger partial charge < -0.3 is 15.3 Å². The first-order valence-electron chi connectivity index (χ1n) is 5.89. The van der Waals surface area contributed by atoms with Gasteiger partial charge in [-0.1, -0.05) is 0 Å². The number of rotatable bonds is 4. The molecule has 1 aliphatic rings. The summed E-state index contributed by atoms with van der Waals surface area (Å²) in [5.41, 5.74) is 0. The first-order chi connectivity index (χ1) is 9.16. The molecular formula is C11H15N3O3S2. The Bertz CT molecular complexity index is 438. The summed E-state index contributed by atoms with van der Waals surface area (Å²) in [4.78, 5) is 28.6. The summed E-state index contributed by atoms with van der Waals surface area (Å²) in [6.45, 7) is 0.978. The second kappa shape index (κ2) is 6.76. The lowest BCUT2D eigenvalue weighted by molar-refractivity contribution is -0.137. The number of carbonyl (C=O) groups excluding carboxylic acids is 1. The maximum atomic E-state index is 12.1. The van der Waals surface area contributed by atoms with Crippen LogP contribution in [0, 0.1) is 0 Å². The van der Waals surface area contributed by atoms with E-state index in [0.29, 0.717) is 18.8 Å². The summed E-state index contributed by atoms with van der Waals surface area (Å²) >= 11 is 3.17. The molecule has 1 fully saturated rings. The smallest absolute Gasteiger partial charge is 0.318 e. The van der Waals surface area contributed by atoms with E-state index in [1.165, 1.54) is 11.3 Å². The van der Waals surface area contributed by atoms with E-state index in [4.69, 9.17) is 5.11 Å². The zero-order valence-corrected chi connectivity index (χ0v) is 11.9. The van der Waals surface area contributed by atoms with Crippen molar-refractivity contribution >= 4 is 35.1 Å². The highest BCUT2D eigenvalue weighted by Gasteiger charge is 2.28. The molecule has 2 heterocycles. The molecule has 2 amide bonds. The predicted octanol–water partition coefficient (Wildman–Crippen LogP) is 1.24. The molecule has 6 nitrogen and oxygen atoms in total. The largest absolute Gasteiger partial charge is 0.481 e. The fourth-order valence-corrected chi connectivity index (χ4v) is 3.50. The predicted molar refractivity (Wildman–Crippen MR) is 74.4 cm³/mol. The minimum atomic E-state index is -0.870. The zero-order chi connectivity index (χ0) is 13.7. The summed E-state index contributed by atoms with van der Waals surface area (Å²) in [5, 5.41) is 14.4. The van der Waals surface area contributed by atoms with Gasteiger partial charge in [-0.3, -0.25) is 4.79 Å². The van der Waals surface area contributed by atoms with Gasteiger partial charge in [0, 0.05) is 29.6 Å². The van der Waals surface area contributed by atoms with Gasteiger partial charge in [0.1, 0.15) is 5.01 Å². The van der Waals surface area contributed by atoms with Gasteiger partial charge in [-0.15, -0.1) is 11.3 Å². The molecule has 0 bridgehead atoms. The third kappa shape index (κ3) is 4.10. The lowest BCUT2D eigenvalue weighted by Gasteiger charge is -2.34. The number of hydrogen-bond acceptors (Lipinski definition) is 5. The number of nitrogens with zero attached hydrogens (tertiary/aromatic N) is 2. The van der Waals surface area contributed by atoms with E-state index in [9.17, 15) is 9.59 Å². The lowest BCUT2D eigenvalue weighted by Crippen LogP contribution is -2.51. The topological polar surface area (TPSA) is 82.5 Å². The Kier molecular flexibility index (Phi) is 5.03. The van der Waals surface area contributed by atoms with Crippen LogP contribution in [0.4, 0.5) is 4.79 Å². The van der Waals surface area contributed by atoms with Gasteiger partial charge in [0.05, 0.1) is 19.0 Å². The van der Waals surface area contributed by atoms with E-state index in [0.717, 1.165) is 10.8 Å². The van der Waals surface area contributed by atoms with E-state index >= 15 is 0 Å². The van der Waals surface area contributed by atoms with Crippen molar-refractivity contribution < 1.29 is 14.7 Å². The van der Waals surface area contributed by atoms with Crippen LogP contribution >= 0.6 is 23.1 Å². The average molecular weight is 301 g/mol. The number of carboxylic acid groups (broad SMARTS) is 1. The second-order valence-electron chi connectivity index (χ2n) is 4.10. The molecule has 19 heavy (non-hydrogen) atoms. The van der Waals surface area contributed by atoms with Crippen molar-refractivity contribution in [1.29, 1.82) is 0 Å². The number of carboxylic acids is 1. The van der Waals surface area contributed by atoms with Gasteiger partial charge in [-0.2, -0.15) is 11.8 Å². The van der Waals surface area contributed by atoms with Gasteiger partial charge in [0.2, 0.25) is 0 Å². The number of hydrogen-bond donors (Lipinski definition) is 2. The van der Waals surface area contributed by atoms with Crippen LogP contribution in [0.25, 0.3) is 0 Å². The molecule has 0 radical (unpaired) electrons. The number of nitrogens with one attached hydrogen (secondary N) is 1. The number of thiazole rings is 1. The Morgan fingerprint density at radius 1 is 1.58 bits per heavy atom. The number of carbonyl (C=O) groups is 2. The normalized spacial score (nSPS) is 19.2. The molecule has 8 heteroatoms. The molecule has 2 N–H and O–H groups in total. The molecular weight excluding hydrogens is 286 g/mol. The van der Waals surface area contributed by atoms with E-state index < -0.39 is 5.97 Å². The summed E-state index contributed by atoms with van der Waals surface area (Å²) < 4.78 is 0. The average Bonchev–Trinajstić information content (AvgIpc) is 2.89. The van der Waals surface area contributed by atoms with Crippen LogP contribution in [0.5, 0.6) is 0 Å². The molecule has 1 atom stereocenters. The lowest BCUT2D eigenvalue weighted by atomic mass is 10.2. The van der Waals surface area contributed by atoms with E-state index in [1.807, 2.05) is 5.38 Å². The first-order valence-corrected chi connectivity index (χ1v) is 7.92. The number of aromatic nitrogens is 1. The van der Waals surface area contributed by atoms with Crippen molar-refractivity contribution in [2.24, 2.45) is 0 Å². The van der Waals surface area contributed by atoms with Crippen molar-refractivity contribution in [2.75, 3.05) is 18.1 Å². The Balaban J connectivity index is 1.89. The third-order valence-electron chi connectivity index (χ3n) is 2.77. The van der Waals surface area contributed by atoms with Crippen molar-refractivity contribution in [3.63, 3.8) is 0 Å². The van der Waals surface area contributed by atoms with Crippen LogP contribution in [-0.2, 0) is 11.3 Å². The van der Waals surface area contributed by atoms with Crippen molar-refractivity contribution in [2.45, 2.75) is 19.0 Å². The maximum Gasteiger partial charge on any atom is 0.318 e. The Hall–Kier alpha value is -1.28. The van der Waals surface area contributed by atoms with Gasteiger partial charge in [-0.25, -0.2) is 9.78 Å². The molecule has 1 aromatic rings. The number of urea groups is 1. The third-order valence-corrected chi connectivity index (χ3v) is 4.64. The van der Waals surface area contributed by atoms with Gasteiger partial charge in [-0.05, 0) is 0 Å². The fourth-order valence-electron chi connectivity index (χ4n) is 1.89. The van der Waals surface area contributed by atoms with Crippen molar-refractivity contribution in [3.05, 3.63) is 16.6 Å². The zero-order valence-electron chi connectivity index (χ0n) is 10.2. The number of amides is 2. The van der Waals surface area contributed by atoms with Gasteiger partial charge in [0.25, 0.3) is 0 Å². The van der Waals surface area contributed by atoms with Crippen LogP contribution in [0.2, 0.25) is 0 Å². The van der Waals surface area contributed by atoms with E-state index in [-0.39, 0.29) is 18.5 Å². The quantitative estimate of drug-likeness (QED) is 0.874. The molecule has 1 aliphatic heterocycles. The minimum Gasteiger partial charge on any atom is -0.481 e.